The van der Waals surface area contributed by atoms with Crippen LogP contribution in [-0.4, -0.2) is 64.7 Å². The Hall–Kier alpha value is -2.48. The highest BCUT2D eigenvalue weighted by molar-refractivity contribution is 5.93. The van der Waals surface area contributed by atoms with Crippen LogP contribution in [0.5, 0.6) is 5.88 Å². The van der Waals surface area contributed by atoms with E-state index in [0.717, 1.165) is 19.4 Å². The molecule has 0 radical (unpaired) electrons. The Balaban J connectivity index is 1.36. The van der Waals surface area contributed by atoms with E-state index in [2.05, 4.69) is 22.1 Å². The zero-order chi connectivity index (χ0) is 19.0. The lowest BCUT2D eigenvalue weighted by atomic mass is 9.75. The van der Waals surface area contributed by atoms with Gasteiger partial charge in [-0.15, -0.1) is 0 Å². The summed E-state index contributed by atoms with van der Waals surface area (Å²) in [4.78, 5) is 20.6. The third-order valence-electron chi connectivity index (χ3n) is 5.64. The minimum atomic E-state index is -0.441. The number of carbonyl (C=O) groups is 1. The zero-order valence-electron chi connectivity index (χ0n) is 15.5. The second kappa shape index (κ2) is 6.92. The summed E-state index contributed by atoms with van der Waals surface area (Å²) in [7, 11) is 2.09. The first kappa shape index (κ1) is 17.9. The molecule has 8 heteroatoms. The summed E-state index contributed by atoms with van der Waals surface area (Å²) in [6.07, 6.45) is 3.40. The quantitative estimate of drug-likeness (QED) is 0.817. The lowest BCUT2D eigenvalue weighted by Gasteiger charge is -2.58. The smallest absolute Gasteiger partial charge is 0.276 e. The van der Waals surface area contributed by atoms with Crippen LogP contribution >= 0.6 is 0 Å². The lowest BCUT2D eigenvalue weighted by molar-refractivity contribution is -0.0699. The van der Waals surface area contributed by atoms with Gasteiger partial charge in [-0.1, -0.05) is 5.16 Å². The van der Waals surface area contributed by atoms with Gasteiger partial charge in [0.25, 0.3) is 5.91 Å². The number of rotatable bonds is 4. The van der Waals surface area contributed by atoms with Crippen molar-refractivity contribution in [2.75, 3.05) is 33.3 Å². The molecular formula is C19H23FN4O3. The van der Waals surface area contributed by atoms with Gasteiger partial charge >= 0.3 is 0 Å². The van der Waals surface area contributed by atoms with Crippen LogP contribution in [-0.2, 0) is 0 Å². The first-order chi connectivity index (χ1) is 13.0. The number of halogens is 1. The van der Waals surface area contributed by atoms with Crippen molar-refractivity contribution in [2.24, 2.45) is 5.92 Å². The fourth-order valence-corrected chi connectivity index (χ4v) is 4.03. The van der Waals surface area contributed by atoms with Crippen LogP contribution in [0.2, 0.25) is 0 Å². The number of pyridine rings is 1. The van der Waals surface area contributed by atoms with Crippen molar-refractivity contribution < 1.29 is 18.4 Å². The van der Waals surface area contributed by atoms with Crippen molar-refractivity contribution in [3.8, 4) is 5.88 Å². The van der Waals surface area contributed by atoms with Crippen molar-refractivity contribution in [3.05, 3.63) is 41.7 Å². The second-order valence-corrected chi connectivity index (χ2v) is 7.59. The van der Waals surface area contributed by atoms with Crippen molar-refractivity contribution >= 4 is 5.91 Å². The van der Waals surface area contributed by atoms with E-state index in [1.165, 1.54) is 12.3 Å². The normalized spacial score (nSPS) is 21.9. The van der Waals surface area contributed by atoms with Gasteiger partial charge < -0.3 is 14.2 Å². The fraction of sp³-hybridized carbons (Fsp3) is 0.526. The van der Waals surface area contributed by atoms with Crippen molar-refractivity contribution in [1.29, 1.82) is 0 Å². The first-order valence-electron chi connectivity index (χ1n) is 9.14. The Labute approximate surface area is 157 Å². The number of likely N-dealkylation sites (N-methyl/N-ethyl adjacent to an activating group) is 1. The number of ether oxygens (including phenoxy) is 1. The molecule has 7 nitrogen and oxygen atoms in total. The predicted octanol–water partition coefficient (Wildman–Crippen LogP) is 2.13. The van der Waals surface area contributed by atoms with Gasteiger partial charge in [-0.25, -0.2) is 9.37 Å². The van der Waals surface area contributed by atoms with Crippen LogP contribution in [0.3, 0.4) is 0 Å². The molecular weight excluding hydrogens is 351 g/mol. The molecule has 2 aliphatic rings. The number of hydrogen-bond donors (Lipinski definition) is 0. The molecule has 1 atom stereocenters. The predicted molar refractivity (Wildman–Crippen MR) is 94.9 cm³/mol. The number of aryl methyl sites for hydroxylation is 1. The van der Waals surface area contributed by atoms with Gasteiger partial charge in [0.15, 0.2) is 11.5 Å². The van der Waals surface area contributed by atoms with E-state index in [9.17, 15) is 9.18 Å². The Morgan fingerprint density at radius 2 is 2.30 bits per heavy atom. The third kappa shape index (κ3) is 3.41. The summed E-state index contributed by atoms with van der Waals surface area (Å²) >= 11 is 0. The van der Waals surface area contributed by atoms with E-state index >= 15 is 0 Å². The van der Waals surface area contributed by atoms with E-state index in [1.54, 1.807) is 24.0 Å². The van der Waals surface area contributed by atoms with E-state index < -0.39 is 5.82 Å². The average Bonchev–Trinajstić information content (AvgIpc) is 3.06. The van der Waals surface area contributed by atoms with Crippen LogP contribution in [0.4, 0.5) is 4.39 Å². The molecule has 0 bridgehead atoms. The van der Waals surface area contributed by atoms with Gasteiger partial charge in [0.05, 0.1) is 12.1 Å². The van der Waals surface area contributed by atoms with Gasteiger partial charge in [-0.05, 0) is 51.4 Å². The minimum absolute atomic E-state index is 0.0522. The van der Waals surface area contributed by atoms with Crippen LogP contribution in [0.25, 0.3) is 0 Å². The fourth-order valence-electron chi connectivity index (χ4n) is 4.03. The monoisotopic (exact) mass is 374 g/mol. The molecule has 2 fully saturated rings. The maximum absolute atomic E-state index is 13.7. The molecule has 1 amide bonds. The number of amides is 1. The van der Waals surface area contributed by atoms with Crippen LogP contribution in [0, 0.1) is 18.7 Å². The third-order valence-corrected chi connectivity index (χ3v) is 5.64. The highest BCUT2D eigenvalue weighted by atomic mass is 19.1. The highest BCUT2D eigenvalue weighted by Gasteiger charge is 2.51. The molecule has 27 heavy (non-hydrogen) atoms. The van der Waals surface area contributed by atoms with Crippen LogP contribution in [0.1, 0.15) is 29.1 Å². The number of piperidine rings is 1. The zero-order valence-corrected chi connectivity index (χ0v) is 15.5. The number of aromatic nitrogens is 2. The molecule has 0 N–H and O–H groups in total. The highest BCUT2D eigenvalue weighted by Crippen LogP contribution is 2.39. The Kier molecular flexibility index (Phi) is 4.59. The Morgan fingerprint density at radius 3 is 3.00 bits per heavy atom. The minimum Gasteiger partial charge on any atom is -0.475 e. The lowest BCUT2D eigenvalue weighted by Crippen LogP contribution is -2.72. The molecule has 0 aromatic carbocycles. The average molecular weight is 374 g/mol. The standard InChI is InChI=1S/C19H23FN4O3/c1-13-8-16(22-27-13)18(25)24-11-19(12-24)9-14(5-7-23(19)2)10-26-17-15(20)4-3-6-21-17/h3-4,6,8,14H,5,7,9-12H2,1-2H3/t14-/m0/s1. The first-order valence-corrected chi connectivity index (χ1v) is 9.14. The largest absolute Gasteiger partial charge is 0.475 e. The van der Waals surface area contributed by atoms with Gasteiger partial charge in [-0.2, -0.15) is 0 Å². The molecule has 4 rings (SSSR count). The van der Waals surface area contributed by atoms with E-state index in [0.29, 0.717) is 37.1 Å². The van der Waals surface area contributed by atoms with Gasteiger partial charge in [0, 0.05) is 25.4 Å². The molecule has 2 aliphatic heterocycles. The van der Waals surface area contributed by atoms with Crippen LogP contribution in [0.15, 0.2) is 28.9 Å². The summed E-state index contributed by atoms with van der Waals surface area (Å²) < 4.78 is 24.3. The number of hydrogen-bond acceptors (Lipinski definition) is 6. The molecule has 4 heterocycles. The summed E-state index contributed by atoms with van der Waals surface area (Å²) in [6, 6.07) is 4.55. The van der Waals surface area contributed by atoms with Crippen molar-refractivity contribution in [1.82, 2.24) is 19.9 Å². The summed E-state index contributed by atoms with van der Waals surface area (Å²) in [5, 5.41) is 3.82. The topological polar surface area (TPSA) is 71.7 Å². The van der Waals surface area contributed by atoms with Gasteiger partial charge in [0.2, 0.25) is 5.88 Å². The summed E-state index contributed by atoms with van der Waals surface area (Å²) in [5.41, 5.74) is 0.301. The number of likely N-dealkylation sites (tertiary alicyclic amines) is 2. The summed E-state index contributed by atoms with van der Waals surface area (Å²) in [6.45, 7) is 4.43. The molecule has 144 valence electrons. The summed E-state index contributed by atoms with van der Waals surface area (Å²) in [5.74, 6) is 0.442. The van der Waals surface area contributed by atoms with E-state index in [1.807, 2.05) is 0 Å². The Morgan fingerprint density at radius 1 is 1.48 bits per heavy atom. The van der Waals surface area contributed by atoms with Crippen molar-refractivity contribution in [2.45, 2.75) is 25.3 Å². The number of nitrogens with zero attached hydrogens (tertiary/aromatic N) is 4. The number of carbonyl (C=O) groups excluding carboxylic acids is 1. The van der Waals surface area contributed by atoms with Crippen LogP contribution < -0.4 is 4.74 Å². The molecule has 0 aliphatic carbocycles. The van der Waals surface area contributed by atoms with E-state index in [4.69, 9.17) is 9.26 Å². The van der Waals surface area contributed by atoms with Crippen molar-refractivity contribution in [3.63, 3.8) is 0 Å². The molecule has 2 aromatic rings. The molecule has 0 unspecified atom stereocenters. The molecule has 2 aromatic heterocycles. The molecule has 2 saturated heterocycles. The Bertz CT molecular complexity index is 834. The molecule has 1 spiro atoms. The van der Waals surface area contributed by atoms with Gasteiger partial charge in [-0.3, -0.25) is 9.69 Å². The van der Waals surface area contributed by atoms with Gasteiger partial charge in [0.1, 0.15) is 5.76 Å². The SMILES string of the molecule is Cc1cc(C(=O)N2CC3(C[C@@H](COc4ncccc4F)CCN3C)C2)no1. The maximum atomic E-state index is 13.7. The molecule has 0 saturated carbocycles. The van der Waals surface area contributed by atoms with E-state index in [-0.39, 0.29) is 17.3 Å². The maximum Gasteiger partial charge on any atom is 0.276 e. The second-order valence-electron chi connectivity index (χ2n) is 7.59.